The molecule has 3 nitrogen and oxygen atoms in total. The van der Waals surface area contributed by atoms with Gasteiger partial charge < -0.3 is 5.11 Å². The average molecular weight is 417 g/mol. The van der Waals surface area contributed by atoms with Gasteiger partial charge in [0.25, 0.3) is 0 Å². The predicted molar refractivity (Wildman–Crippen MR) is 127 cm³/mol. The van der Waals surface area contributed by atoms with Gasteiger partial charge in [-0.2, -0.15) is 0 Å². The number of rotatable bonds is 3. The van der Waals surface area contributed by atoms with Crippen molar-refractivity contribution in [2.75, 3.05) is 0 Å². The first-order chi connectivity index (χ1) is 14.4. The normalized spacial score (nSPS) is 11.3. The predicted octanol–water partition coefficient (Wildman–Crippen LogP) is 6.74. The summed E-state index contributed by atoms with van der Waals surface area (Å²) in [6, 6.07) is 23.8. The van der Waals surface area contributed by atoms with E-state index in [9.17, 15) is 14.7 Å². The lowest BCUT2D eigenvalue weighted by atomic mass is 9.77. The maximum atomic E-state index is 12.8. The highest BCUT2D eigenvalue weighted by Crippen LogP contribution is 2.40. The zero-order valence-electron chi connectivity index (χ0n) is 19.3. The minimum atomic E-state index is -0.554. The summed E-state index contributed by atoms with van der Waals surface area (Å²) in [6.07, 6.45) is 0. The smallest absolute Gasteiger partial charge is 0.233 e. The van der Waals surface area contributed by atoms with Gasteiger partial charge in [-0.25, -0.2) is 0 Å². The van der Waals surface area contributed by atoms with Crippen LogP contribution in [0.2, 0.25) is 0 Å². The zero-order valence-corrected chi connectivity index (χ0v) is 19.3. The molecular weight excluding hydrogens is 384 g/mol. The zero-order chi connectivity index (χ0) is 23.2. The van der Waals surface area contributed by atoms with E-state index in [-0.39, 0.29) is 16.6 Å². The number of Topliss-reactive ketones (excluding diaryl/α,β-unsaturated/α-hetero) is 2. The van der Waals surface area contributed by atoms with Crippen LogP contribution in [0.3, 0.4) is 0 Å². The molecule has 0 radical (unpaired) electrons. The van der Waals surface area contributed by atoms with Gasteiger partial charge in [0.05, 0.1) is 0 Å². The monoisotopic (exact) mass is 416 g/mol. The molecule has 0 aliphatic heterocycles. The lowest BCUT2D eigenvalue weighted by molar-refractivity contribution is 0.0816. The van der Waals surface area contributed by atoms with Crippen molar-refractivity contribution in [3.05, 3.63) is 101 Å². The summed E-state index contributed by atoms with van der Waals surface area (Å²) >= 11 is 0. The number of hydrogen-bond acceptors (Lipinski definition) is 3. The average Bonchev–Trinajstić information content (AvgIpc) is 2.73. The van der Waals surface area contributed by atoms with Crippen LogP contribution in [-0.2, 0) is 10.8 Å². The first-order valence-electron chi connectivity index (χ1n) is 10.4. The van der Waals surface area contributed by atoms with E-state index in [4.69, 9.17) is 0 Å². The molecule has 0 spiro atoms. The number of ketones is 2. The molecule has 0 saturated carbocycles. The number of hydrogen-bond donors (Lipinski definition) is 1. The van der Waals surface area contributed by atoms with Crippen LogP contribution in [0, 0.1) is 0 Å². The molecule has 0 unspecified atom stereocenters. The fourth-order valence-corrected chi connectivity index (χ4v) is 3.15. The number of benzene rings is 3. The molecule has 0 bridgehead atoms. The molecule has 0 saturated heterocycles. The highest BCUT2D eigenvalue weighted by molar-refractivity contribution is 6.49. The maximum absolute atomic E-state index is 12.8. The highest BCUT2D eigenvalue weighted by atomic mass is 16.3. The van der Waals surface area contributed by atoms with E-state index in [1.54, 1.807) is 42.5 Å². The topological polar surface area (TPSA) is 54.4 Å². The molecule has 0 fully saturated rings. The molecular formula is C28H32O3. The Morgan fingerprint density at radius 2 is 0.903 bits per heavy atom. The molecule has 3 aromatic rings. The molecule has 3 rings (SSSR count). The molecule has 31 heavy (non-hydrogen) atoms. The summed E-state index contributed by atoms with van der Waals surface area (Å²) in [5, 5.41) is 10.7. The van der Waals surface area contributed by atoms with Crippen LogP contribution in [0.4, 0.5) is 0 Å². The SMILES string of the molecule is CC(C)(C)c1cc(C(=O)C(=O)c2ccccc2)cc(C(C)(C)C)c1O.c1ccccc1. The summed E-state index contributed by atoms with van der Waals surface area (Å²) in [5.41, 5.74) is 1.33. The number of phenolic OH excluding ortho intramolecular Hbond substituents is 1. The number of carbonyl (C=O) groups is 2. The third-order valence-electron chi connectivity index (χ3n) is 4.90. The van der Waals surface area contributed by atoms with Crippen LogP contribution in [0.25, 0.3) is 0 Å². The van der Waals surface area contributed by atoms with Crippen LogP contribution in [0.1, 0.15) is 73.4 Å². The van der Waals surface area contributed by atoms with Gasteiger partial charge in [-0.3, -0.25) is 9.59 Å². The molecule has 162 valence electrons. The van der Waals surface area contributed by atoms with Gasteiger partial charge >= 0.3 is 0 Å². The molecule has 1 N–H and O–H groups in total. The Bertz CT molecular complexity index is 960. The summed E-state index contributed by atoms with van der Waals surface area (Å²) in [5.74, 6) is -0.892. The van der Waals surface area contributed by atoms with E-state index >= 15 is 0 Å². The van der Waals surface area contributed by atoms with E-state index in [2.05, 4.69) is 0 Å². The Hall–Kier alpha value is -3.20. The second kappa shape index (κ2) is 9.74. The molecule has 0 aliphatic rings. The fourth-order valence-electron chi connectivity index (χ4n) is 3.15. The standard InChI is InChI=1S/C22H26O3.C6H6/c1-21(2,3)16-12-15(13-17(20(16)25)22(4,5)6)19(24)18(23)14-10-8-7-9-11-14;1-2-4-6-5-3-1/h7-13,25H,1-6H3;1-6H. The number of carbonyl (C=O) groups excluding carboxylic acids is 2. The molecule has 0 aliphatic carbocycles. The Morgan fingerprint density at radius 1 is 0.581 bits per heavy atom. The van der Waals surface area contributed by atoms with Gasteiger partial charge in [-0.1, -0.05) is 108 Å². The quantitative estimate of drug-likeness (QED) is 0.380. The third kappa shape index (κ3) is 6.39. The molecule has 0 amide bonds. The second-order valence-electron chi connectivity index (χ2n) is 9.60. The van der Waals surface area contributed by atoms with Crippen LogP contribution < -0.4 is 0 Å². The van der Waals surface area contributed by atoms with Gasteiger partial charge in [-0.05, 0) is 23.0 Å². The molecule has 3 heteroatoms. The molecule has 0 atom stereocenters. The van der Waals surface area contributed by atoms with Gasteiger partial charge in [-0.15, -0.1) is 0 Å². The van der Waals surface area contributed by atoms with Crippen molar-refractivity contribution in [2.24, 2.45) is 0 Å². The summed E-state index contributed by atoms with van der Waals surface area (Å²) < 4.78 is 0. The largest absolute Gasteiger partial charge is 0.507 e. The maximum Gasteiger partial charge on any atom is 0.233 e. The Kier molecular flexibility index (Phi) is 7.56. The van der Waals surface area contributed by atoms with Gasteiger partial charge in [0.15, 0.2) is 0 Å². The van der Waals surface area contributed by atoms with Crippen LogP contribution in [0.5, 0.6) is 5.75 Å². The van der Waals surface area contributed by atoms with Crippen molar-refractivity contribution < 1.29 is 14.7 Å². The summed E-state index contributed by atoms with van der Waals surface area (Å²) in [6.45, 7) is 11.8. The Balaban J connectivity index is 0.000000488. The third-order valence-corrected chi connectivity index (χ3v) is 4.90. The lowest BCUT2D eigenvalue weighted by Gasteiger charge is -2.28. The first-order valence-corrected chi connectivity index (χ1v) is 10.4. The summed E-state index contributed by atoms with van der Waals surface area (Å²) in [4.78, 5) is 25.3. The van der Waals surface area contributed by atoms with E-state index in [0.717, 1.165) is 0 Å². The molecule has 0 heterocycles. The van der Waals surface area contributed by atoms with E-state index in [1.807, 2.05) is 77.9 Å². The Labute approximate surface area is 185 Å². The number of aromatic hydroxyl groups is 1. The lowest BCUT2D eigenvalue weighted by Crippen LogP contribution is -2.21. The second-order valence-corrected chi connectivity index (χ2v) is 9.60. The van der Waals surface area contributed by atoms with Crippen molar-refractivity contribution in [2.45, 2.75) is 52.4 Å². The molecule has 0 aromatic heterocycles. The minimum absolute atomic E-state index is 0.198. The van der Waals surface area contributed by atoms with Crippen molar-refractivity contribution in [1.29, 1.82) is 0 Å². The van der Waals surface area contributed by atoms with E-state index in [1.165, 1.54) is 0 Å². The van der Waals surface area contributed by atoms with Crippen LogP contribution in [-0.4, -0.2) is 16.7 Å². The van der Waals surface area contributed by atoms with Crippen molar-refractivity contribution in [3.8, 4) is 5.75 Å². The van der Waals surface area contributed by atoms with Crippen LogP contribution in [0.15, 0.2) is 78.9 Å². The van der Waals surface area contributed by atoms with Crippen molar-refractivity contribution in [1.82, 2.24) is 0 Å². The fraction of sp³-hybridized carbons (Fsp3) is 0.286. The minimum Gasteiger partial charge on any atom is -0.507 e. The van der Waals surface area contributed by atoms with Gasteiger partial charge in [0.2, 0.25) is 11.6 Å². The van der Waals surface area contributed by atoms with Crippen molar-refractivity contribution in [3.63, 3.8) is 0 Å². The van der Waals surface area contributed by atoms with Gasteiger partial charge in [0.1, 0.15) is 5.75 Å². The summed E-state index contributed by atoms with van der Waals surface area (Å²) in [7, 11) is 0. The number of phenols is 1. The first kappa shape index (κ1) is 24.1. The van der Waals surface area contributed by atoms with E-state index in [0.29, 0.717) is 22.3 Å². The van der Waals surface area contributed by atoms with Crippen molar-refractivity contribution >= 4 is 11.6 Å². The molecule has 3 aromatic carbocycles. The highest BCUT2D eigenvalue weighted by Gasteiger charge is 2.29. The van der Waals surface area contributed by atoms with Gasteiger partial charge in [0, 0.05) is 22.3 Å². The Morgan fingerprint density at radius 3 is 1.26 bits per heavy atom. The van der Waals surface area contributed by atoms with E-state index < -0.39 is 11.6 Å². The van der Waals surface area contributed by atoms with Crippen LogP contribution >= 0.6 is 0 Å².